The second-order valence-corrected chi connectivity index (χ2v) is 8.92. The fraction of sp³-hybridized carbons (Fsp3) is 0.238. The summed E-state index contributed by atoms with van der Waals surface area (Å²) >= 11 is 2.87. The normalized spacial score (nSPS) is 15.1. The van der Waals surface area contributed by atoms with Crippen molar-refractivity contribution >= 4 is 44.6 Å². The summed E-state index contributed by atoms with van der Waals surface area (Å²) in [6.07, 6.45) is 3.08. The molecule has 1 aromatic carbocycles. The number of nitrogens with one attached hydrogen (secondary N) is 2. The summed E-state index contributed by atoms with van der Waals surface area (Å²) in [7, 11) is 0. The van der Waals surface area contributed by atoms with Gasteiger partial charge in [-0.1, -0.05) is 12.1 Å². The molecule has 4 heterocycles. The van der Waals surface area contributed by atoms with Crippen LogP contribution in [0.5, 0.6) is 11.5 Å². The maximum Gasteiger partial charge on any atom is 0.262 e. The van der Waals surface area contributed by atoms with Crippen molar-refractivity contribution in [2.45, 2.75) is 19.6 Å². The summed E-state index contributed by atoms with van der Waals surface area (Å²) in [6, 6.07) is 7.62. The SMILES string of the molecule is Cc1c(C(=O)NCc2nccs2)sc2ncnc(NCC3COc4ccccc4O3)c12. The molecule has 1 unspecified atom stereocenters. The number of hydrogen-bond donors (Lipinski definition) is 2. The number of fused-ring (bicyclic) bond motifs is 2. The molecule has 10 heteroatoms. The van der Waals surface area contributed by atoms with Gasteiger partial charge in [-0.05, 0) is 24.6 Å². The zero-order valence-corrected chi connectivity index (χ0v) is 18.3. The van der Waals surface area contributed by atoms with Crippen LogP contribution in [0.3, 0.4) is 0 Å². The van der Waals surface area contributed by atoms with Crippen LogP contribution < -0.4 is 20.1 Å². The number of thiophene rings is 1. The molecule has 8 nitrogen and oxygen atoms in total. The van der Waals surface area contributed by atoms with E-state index in [4.69, 9.17) is 9.47 Å². The van der Waals surface area contributed by atoms with Crippen LogP contribution in [-0.2, 0) is 6.54 Å². The minimum atomic E-state index is -0.153. The second kappa shape index (κ2) is 8.48. The number of amides is 1. The predicted molar refractivity (Wildman–Crippen MR) is 120 cm³/mol. The first kappa shape index (κ1) is 19.7. The summed E-state index contributed by atoms with van der Waals surface area (Å²) in [6.45, 7) is 3.29. The highest BCUT2D eigenvalue weighted by atomic mass is 32.1. The van der Waals surface area contributed by atoms with Gasteiger partial charge < -0.3 is 20.1 Å². The van der Waals surface area contributed by atoms with Crippen molar-refractivity contribution in [2.24, 2.45) is 0 Å². The van der Waals surface area contributed by atoms with Gasteiger partial charge in [0.25, 0.3) is 5.91 Å². The first-order valence-electron chi connectivity index (χ1n) is 9.72. The number of aryl methyl sites for hydroxylation is 1. The highest BCUT2D eigenvalue weighted by molar-refractivity contribution is 7.20. The number of aromatic nitrogens is 3. The van der Waals surface area contributed by atoms with E-state index in [-0.39, 0.29) is 12.0 Å². The summed E-state index contributed by atoms with van der Waals surface area (Å²) < 4.78 is 11.8. The van der Waals surface area contributed by atoms with Gasteiger partial charge in [-0.15, -0.1) is 22.7 Å². The molecule has 5 rings (SSSR count). The number of rotatable bonds is 6. The van der Waals surface area contributed by atoms with Crippen LogP contribution in [0.15, 0.2) is 42.2 Å². The van der Waals surface area contributed by atoms with E-state index in [1.165, 1.54) is 29.0 Å². The summed E-state index contributed by atoms with van der Waals surface area (Å²) in [5, 5.41) is 9.88. The van der Waals surface area contributed by atoms with Gasteiger partial charge in [0.2, 0.25) is 0 Å². The van der Waals surface area contributed by atoms with Crippen LogP contribution in [0.1, 0.15) is 20.2 Å². The molecule has 1 aliphatic rings. The van der Waals surface area contributed by atoms with E-state index in [1.54, 1.807) is 6.20 Å². The fourth-order valence-electron chi connectivity index (χ4n) is 3.37. The minimum Gasteiger partial charge on any atom is -0.486 e. The van der Waals surface area contributed by atoms with Crippen LogP contribution in [0.2, 0.25) is 0 Å². The van der Waals surface area contributed by atoms with Gasteiger partial charge in [0.15, 0.2) is 11.5 Å². The summed E-state index contributed by atoms with van der Waals surface area (Å²) in [5.41, 5.74) is 0.853. The van der Waals surface area contributed by atoms with E-state index in [9.17, 15) is 4.79 Å². The van der Waals surface area contributed by atoms with Crippen LogP contribution in [-0.4, -0.2) is 40.1 Å². The van der Waals surface area contributed by atoms with Crippen molar-refractivity contribution in [3.05, 3.63) is 57.6 Å². The van der Waals surface area contributed by atoms with Gasteiger partial charge in [-0.25, -0.2) is 15.0 Å². The Kier molecular flexibility index (Phi) is 5.39. The van der Waals surface area contributed by atoms with E-state index in [0.717, 1.165) is 32.3 Å². The van der Waals surface area contributed by atoms with Crippen molar-refractivity contribution in [1.29, 1.82) is 0 Å². The van der Waals surface area contributed by atoms with Crippen molar-refractivity contribution in [1.82, 2.24) is 20.3 Å². The number of hydrogen-bond acceptors (Lipinski definition) is 9. The number of ether oxygens (including phenoxy) is 2. The molecule has 0 radical (unpaired) electrons. The van der Waals surface area contributed by atoms with Gasteiger partial charge in [-0.3, -0.25) is 4.79 Å². The molecule has 0 aliphatic carbocycles. The van der Waals surface area contributed by atoms with Gasteiger partial charge in [0, 0.05) is 11.6 Å². The average molecular weight is 454 g/mol. The van der Waals surface area contributed by atoms with Crippen LogP contribution in [0, 0.1) is 6.92 Å². The largest absolute Gasteiger partial charge is 0.486 e. The van der Waals surface area contributed by atoms with E-state index < -0.39 is 0 Å². The number of nitrogens with zero attached hydrogens (tertiary/aromatic N) is 3. The molecule has 0 saturated heterocycles. The van der Waals surface area contributed by atoms with E-state index in [0.29, 0.717) is 30.4 Å². The quantitative estimate of drug-likeness (QED) is 0.460. The zero-order valence-electron chi connectivity index (χ0n) is 16.6. The lowest BCUT2D eigenvalue weighted by molar-refractivity contribution is 0.0954. The molecular formula is C21H19N5O3S2. The topological polar surface area (TPSA) is 98.3 Å². The monoisotopic (exact) mass is 453 g/mol. The number of carbonyl (C=O) groups is 1. The van der Waals surface area contributed by atoms with E-state index in [1.807, 2.05) is 36.6 Å². The molecular weight excluding hydrogens is 434 g/mol. The highest BCUT2D eigenvalue weighted by Crippen LogP contribution is 2.34. The third-order valence-corrected chi connectivity index (χ3v) is 6.86. The first-order chi connectivity index (χ1) is 15.2. The molecule has 0 bridgehead atoms. The molecule has 1 aliphatic heterocycles. The fourth-order valence-corrected chi connectivity index (χ4v) is 4.99. The van der Waals surface area contributed by atoms with Gasteiger partial charge in [-0.2, -0.15) is 0 Å². The lowest BCUT2D eigenvalue weighted by Gasteiger charge is -2.26. The Morgan fingerprint density at radius 1 is 1.23 bits per heavy atom. The van der Waals surface area contributed by atoms with Crippen LogP contribution >= 0.6 is 22.7 Å². The summed E-state index contributed by atoms with van der Waals surface area (Å²) in [4.78, 5) is 27.1. The third kappa shape index (κ3) is 4.04. The van der Waals surface area contributed by atoms with Crippen molar-refractivity contribution in [3.63, 3.8) is 0 Å². The lowest BCUT2D eigenvalue weighted by Crippen LogP contribution is -2.35. The smallest absolute Gasteiger partial charge is 0.262 e. The van der Waals surface area contributed by atoms with E-state index in [2.05, 4.69) is 25.6 Å². The number of benzene rings is 1. The molecule has 158 valence electrons. The Balaban J connectivity index is 1.31. The molecule has 1 amide bonds. The molecule has 2 N–H and O–H groups in total. The Bertz CT molecular complexity index is 1230. The van der Waals surface area contributed by atoms with Gasteiger partial charge >= 0.3 is 0 Å². The van der Waals surface area contributed by atoms with Crippen LogP contribution in [0.4, 0.5) is 5.82 Å². The van der Waals surface area contributed by atoms with Crippen LogP contribution in [0.25, 0.3) is 10.2 Å². The Labute approximate surface area is 186 Å². The van der Waals surface area contributed by atoms with Crippen molar-refractivity contribution < 1.29 is 14.3 Å². The molecule has 3 aromatic heterocycles. The summed E-state index contributed by atoms with van der Waals surface area (Å²) in [5.74, 6) is 2.03. The number of thiazole rings is 1. The Morgan fingerprint density at radius 3 is 2.94 bits per heavy atom. The Hall–Kier alpha value is -3.24. The molecule has 1 atom stereocenters. The number of anilines is 1. The average Bonchev–Trinajstić information content (AvgIpc) is 3.44. The number of para-hydroxylation sites is 2. The number of carbonyl (C=O) groups excluding carboxylic acids is 1. The second-order valence-electron chi connectivity index (χ2n) is 6.95. The standard InChI is InChI=1S/C21H19N5O3S2/c1-12-17-19(23-8-13-10-28-14-4-2-3-5-15(14)29-13)25-11-26-21(17)31-18(12)20(27)24-9-16-22-6-7-30-16/h2-7,11,13H,8-10H2,1H3,(H,24,27)(H,23,25,26). The van der Waals surface area contributed by atoms with Crippen molar-refractivity contribution in [3.8, 4) is 11.5 Å². The maximum atomic E-state index is 12.7. The molecule has 31 heavy (non-hydrogen) atoms. The highest BCUT2D eigenvalue weighted by Gasteiger charge is 2.23. The molecule has 0 spiro atoms. The lowest BCUT2D eigenvalue weighted by atomic mass is 10.2. The van der Waals surface area contributed by atoms with Gasteiger partial charge in [0.05, 0.1) is 23.4 Å². The third-order valence-electron chi connectivity index (χ3n) is 4.88. The van der Waals surface area contributed by atoms with E-state index >= 15 is 0 Å². The zero-order chi connectivity index (χ0) is 21.2. The first-order valence-corrected chi connectivity index (χ1v) is 11.4. The van der Waals surface area contributed by atoms with Gasteiger partial charge in [0.1, 0.15) is 34.7 Å². The Morgan fingerprint density at radius 2 is 2.10 bits per heavy atom. The molecule has 4 aromatic rings. The molecule has 0 saturated carbocycles. The predicted octanol–water partition coefficient (Wildman–Crippen LogP) is 3.64. The molecule has 0 fully saturated rings. The minimum absolute atomic E-state index is 0.137. The van der Waals surface area contributed by atoms with Crippen molar-refractivity contribution in [2.75, 3.05) is 18.5 Å². The maximum absolute atomic E-state index is 12.7.